The van der Waals surface area contributed by atoms with Gasteiger partial charge in [0.05, 0.1) is 11.3 Å². The molecule has 0 spiro atoms. The maximum absolute atomic E-state index is 13.7. The van der Waals surface area contributed by atoms with Crippen molar-refractivity contribution in [2.45, 2.75) is 65.5 Å². The van der Waals surface area contributed by atoms with E-state index in [2.05, 4.69) is 35.6 Å². The van der Waals surface area contributed by atoms with E-state index in [1.54, 1.807) is 12.1 Å². The summed E-state index contributed by atoms with van der Waals surface area (Å²) < 4.78 is 41.1. The Morgan fingerprint density at radius 2 is 1.59 bits per heavy atom. The fourth-order valence-electron chi connectivity index (χ4n) is 4.49. The number of nitrogens with one attached hydrogen (secondary N) is 1. The van der Waals surface area contributed by atoms with Crippen molar-refractivity contribution in [2.75, 3.05) is 23.3 Å². The van der Waals surface area contributed by atoms with Crippen LogP contribution in [0, 0.1) is 6.92 Å². The van der Waals surface area contributed by atoms with Gasteiger partial charge in [0, 0.05) is 41.7 Å². The van der Waals surface area contributed by atoms with E-state index in [-0.39, 0.29) is 5.56 Å². The lowest BCUT2D eigenvalue weighted by Gasteiger charge is -2.29. The van der Waals surface area contributed by atoms with E-state index in [0.717, 1.165) is 48.8 Å². The number of aryl methyl sites for hydroxylation is 1. The first kappa shape index (κ1) is 28.3. The molecule has 1 aliphatic heterocycles. The number of anilines is 2. The maximum atomic E-state index is 13.7. The van der Waals surface area contributed by atoms with Gasteiger partial charge in [-0.3, -0.25) is 0 Å². The minimum Gasteiger partial charge on any atom is -0.371 e. The molecule has 1 aliphatic rings. The first-order chi connectivity index (χ1) is 17.7. The fourth-order valence-corrected chi connectivity index (χ4v) is 4.49. The molecule has 0 aliphatic carbocycles. The van der Waals surface area contributed by atoms with Gasteiger partial charge in [0.2, 0.25) is 0 Å². The highest BCUT2D eigenvalue weighted by molar-refractivity contribution is 5.79. The summed E-state index contributed by atoms with van der Waals surface area (Å²) in [7, 11) is 0. The largest absolute Gasteiger partial charge is 0.417 e. The van der Waals surface area contributed by atoms with Crippen molar-refractivity contribution < 1.29 is 13.2 Å². The smallest absolute Gasteiger partial charge is 0.371 e. The van der Waals surface area contributed by atoms with Gasteiger partial charge in [-0.2, -0.15) is 13.2 Å². The third-order valence-electron chi connectivity index (χ3n) is 6.50. The summed E-state index contributed by atoms with van der Waals surface area (Å²) in [6, 6.07) is 17.1. The molecule has 0 unspecified atom stereocenters. The second-order valence-electron chi connectivity index (χ2n) is 9.46. The van der Waals surface area contributed by atoms with E-state index in [1.807, 2.05) is 37.3 Å². The van der Waals surface area contributed by atoms with Crippen molar-refractivity contribution in [1.82, 2.24) is 4.98 Å². The van der Waals surface area contributed by atoms with Crippen molar-refractivity contribution in [2.24, 2.45) is 0 Å². The number of alkyl halides is 3. The minimum atomic E-state index is -4.46. The number of hydrogen-bond acceptors (Lipinski definition) is 3. The molecule has 0 atom stereocenters. The molecular weight excluding hydrogens is 471 g/mol. The summed E-state index contributed by atoms with van der Waals surface area (Å²) in [5.41, 5.74) is 3.19. The average Bonchev–Trinajstić information content (AvgIpc) is 2.89. The molecule has 6 heteroatoms. The van der Waals surface area contributed by atoms with Gasteiger partial charge in [-0.15, -0.1) is 0 Å². The standard InChI is InChI=1S/C26H26F3N3.C5H12/c1-18-10-4-5-11-21(18)19(2)30-25-17-20(32-14-8-3-9-15-32)16-24(31-25)22-12-6-7-13-23(22)26(27,28)29;1-3-5-4-2/h4-7,10-13,16-17H,2-3,8-9,14-15H2,1H3,(H,30,31);3-5H2,1-2H3. The van der Waals surface area contributed by atoms with Gasteiger partial charge in [-0.1, -0.05) is 82.2 Å². The van der Waals surface area contributed by atoms with Crippen molar-refractivity contribution in [3.63, 3.8) is 0 Å². The summed E-state index contributed by atoms with van der Waals surface area (Å²) in [6.45, 7) is 12.3. The summed E-state index contributed by atoms with van der Waals surface area (Å²) in [5, 5.41) is 3.23. The third-order valence-corrected chi connectivity index (χ3v) is 6.50. The SMILES string of the molecule is C=C(Nc1cc(N2CCCCC2)cc(-c2ccccc2C(F)(F)F)n1)c1ccccc1C.CCCCC. The van der Waals surface area contributed by atoms with Crippen LogP contribution in [0.2, 0.25) is 0 Å². The van der Waals surface area contributed by atoms with Gasteiger partial charge in [-0.05, 0) is 43.9 Å². The van der Waals surface area contributed by atoms with E-state index in [9.17, 15) is 13.2 Å². The normalized spacial score (nSPS) is 13.5. The lowest BCUT2D eigenvalue weighted by molar-refractivity contribution is -0.137. The number of aromatic nitrogens is 1. The van der Waals surface area contributed by atoms with Crippen molar-refractivity contribution in [3.05, 3.63) is 83.9 Å². The Morgan fingerprint density at radius 3 is 2.22 bits per heavy atom. The molecule has 3 nitrogen and oxygen atoms in total. The van der Waals surface area contributed by atoms with E-state index < -0.39 is 11.7 Å². The predicted molar refractivity (Wildman–Crippen MR) is 150 cm³/mol. The van der Waals surface area contributed by atoms with E-state index in [1.165, 1.54) is 37.8 Å². The van der Waals surface area contributed by atoms with Gasteiger partial charge < -0.3 is 10.2 Å². The van der Waals surface area contributed by atoms with Gasteiger partial charge in [0.1, 0.15) is 5.82 Å². The number of nitrogens with zero attached hydrogens (tertiary/aromatic N) is 2. The number of pyridine rings is 1. The van der Waals surface area contributed by atoms with Crippen molar-refractivity contribution >= 4 is 17.2 Å². The van der Waals surface area contributed by atoms with E-state index in [0.29, 0.717) is 17.2 Å². The first-order valence-corrected chi connectivity index (χ1v) is 13.2. The van der Waals surface area contributed by atoms with Gasteiger partial charge in [-0.25, -0.2) is 4.98 Å². The number of piperidine rings is 1. The highest BCUT2D eigenvalue weighted by atomic mass is 19.4. The highest BCUT2D eigenvalue weighted by Gasteiger charge is 2.34. The summed E-state index contributed by atoms with van der Waals surface area (Å²) in [4.78, 5) is 6.78. The quantitative estimate of drug-likeness (QED) is 0.344. The molecule has 1 N–H and O–H groups in total. The molecule has 0 amide bonds. The second-order valence-corrected chi connectivity index (χ2v) is 9.46. The molecule has 1 aromatic heterocycles. The summed E-state index contributed by atoms with van der Waals surface area (Å²) in [6.07, 6.45) is 2.91. The third kappa shape index (κ3) is 7.85. The average molecular weight is 510 g/mol. The minimum absolute atomic E-state index is 0.0726. The zero-order valence-electron chi connectivity index (χ0n) is 22.2. The topological polar surface area (TPSA) is 28.2 Å². The molecule has 1 fully saturated rings. The van der Waals surface area contributed by atoms with Crippen LogP contribution in [-0.2, 0) is 6.18 Å². The van der Waals surface area contributed by atoms with Crippen LogP contribution in [0.3, 0.4) is 0 Å². The summed E-state index contributed by atoms with van der Waals surface area (Å²) in [5.74, 6) is 0.480. The number of hydrogen-bond donors (Lipinski definition) is 1. The van der Waals surface area contributed by atoms with E-state index in [4.69, 9.17) is 0 Å². The lowest BCUT2D eigenvalue weighted by Crippen LogP contribution is -2.29. The number of benzene rings is 2. The Balaban J connectivity index is 0.000000695. The van der Waals surface area contributed by atoms with Crippen LogP contribution < -0.4 is 10.2 Å². The molecule has 198 valence electrons. The monoisotopic (exact) mass is 509 g/mol. The molecule has 2 aromatic carbocycles. The van der Waals surface area contributed by atoms with Crippen LogP contribution in [-0.4, -0.2) is 18.1 Å². The molecular formula is C31H38F3N3. The van der Waals surface area contributed by atoms with Crippen LogP contribution in [0.25, 0.3) is 17.0 Å². The Labute approximate surface area is 219 Å². The van der Waals surface area contributed by atoms with Gasteiger partial charge in [0.25, 0.3) is 0 Å². The lowest BCUT2D eigenvalue weighted by atomic mass is 10.0. The van der Waals surface area contributed by atoms with Gasteiger partial charge >= 0.3 is 6.18 Å². The number of unbranched alkanes of at least 4 members (excludes halogenated alkanes) is 2. The van der Waals surface area contributed by atoms with Crippen LogP contribution >= 0.6 is 0 Å². The molecule has 1 saturated heterocycles. The number of rotatable bonds is 7. The molecule has 0 saturated carbocycles. The summed E-state index contributed by atoms with van der Waals surface area (Å²) >= 11 is 0. The Bertz CT molecular complexity index is 1160. The molecule has 4 rings (SSSR count). The van der Waals surface area contributed by atoms with Crippen LogP contribution in [0.15, 0.2) is 67.2 Å². The van der Waals surface area contributed by atoms with Crippen molar-refractivity contribution in [3.8, 4) is 11.3 Å². The van der Waals surface area contributed by atoms with Crippen LogP contribution in [0.5, 0.6) is 0 Å². The second kappa shape index (κ2) is 13.3. The Morgan fingerprint density at radius 1 is 0.946 bits per heavy atom. The maximum Gasteiger partial charge on any atom is 0.417 e. The Hall–Kier alpha value is -3.28. The first-order valence-electron chi connectivity index (χ1n) is 13.2. The fraction of sp³-hybridized carbons (Fsp3) is 0.387. The molecule has 2 heterocycles. The zero-order chi connectivity index (χ0) is 26.8. The van der Waals surface area contributed by atoms with Gasteiger partial charge in [0.15, 0.2) is 0 Å². The molecule has 0 radical (unpaired) electrons. The number of halogens is 3. The molecule has 0 bridgehead atoms. The van der Waals surface area contributed by atoms with E-state index >= 15 is 0 Å². The Kier molecular flexibility index (Phi) is 10.2. The zero-order valence-corrected chi connectivity index (χ0v) is 22.2. The van der Waals surface area contributed by atoms with Crippen LogP contribution in [0.1, 0.15) is 69.1 Å². The molecule has 37 heavy (non-hydrogen) atoms. The van der Waals surface area contributed by atoms with Crippen molar-refractivity contribution in [1.29, 1.82) is 0 Å². The molecule has 3 aromatic rings. The predicted octanol–water partition coefficient (Wildman–Crippen LogP) is 9.35. The van der Waals surface area contributed by atoms with Crippen LogP contribution in [0.4, 0.5) is 24.7 Å². The highest BCUT2D eigenvalue weighted by Crippen LogP contribution is 2.38.